The first-order valence-corrected chi connectivity index (χ1v) is 3.51. The number of carbonyl (C=O) groups is 2. The second-order valence-corrected chi connectivity index (χ2v) is 2.15. The molecule has 7 heteroatoms. The van der Waals surface area contributed by atoms with Gasteiger partial charge in [0.2, 0.25) is 5.70 Å². The van der Waals surface area contributed by atoms with Gasteiger partial charge in [0.25, 0.3) is 0 Å². The van der Waals surface area contributed by atoms with Crippen LogP contribution in [0.5, 0.6) is 0 Å². The zero-order valence-electron chi connectivity index (χ0n) is 7.73. The van der Waals surface area contributed by atoms with Crippen molar-refractivity contribution in [3.8, 4) is 0 Å². The molecule has 0 heterocycles. The molecule has 0 amide bonds. The van der Waals surface area contributed by atoms with Crippen molar-refractivity contribution >= 4 is 11.9 Å². The van der Waals surface area contributed by atoms with Crippen molar-refractivity contribution in [2.45, 2.75) is 6.42 Å². The number of hydrogen-bond donors (Lipinski definition) is 2. The van der Waals surface area contributed by atoms with Gasteiger partial charge in [0.15, 0.2) is 0 Å². The molecule has 0 unspecified atom stereocenters. The van der Waals surface area contributed by atoms with Gasteiger partial charge in [0.1, 0.15) is 12.2 Å². The molecule has 2 N–H and O–H groups in total. The summed E-state index contributed by atoms with van der Waals surface area (Å²) in [5, 5.41) is 11.9. The van der Waals surface area contributed by atoms with Crippen molar-refractivity contribution < 1.29 is 24.2 Å². The first kappa shape index (κ1) is 12.1. The maximum Gasteiger partial charge on any atom is 0.362 e. The van der Waals surface area contributed by atoms with Crippen LogP contribution in [0.4, 0.5) is 0 Å². The van der Waals surface area contributed by atoms with Gasteiger partial charge >= 0.3 is 11.9 Å². The van der Waals surface area contributed by atoms with Crippen molar-refractivity contribution in [2.24, 2.45) is 5.11 Å². The molecule has 0 saturated heterocycles. The van der Waals surface area contributed by atoms with E-state index in [4.69, 9.17) is 5.53 Å². The third kappa shape index (κ3) is 3.21. The van der Waals surface area contributed by atoms with Crippen molar-refractivity contribution in [3.63, 3.8) is 0 Å². The summed E-state index contributed by atoms with van der Waals surface area (Å²) < 4.78 is 8.46. The van der Waals surface area contributed by atoms with Crippen LogP contribution >= 0.6 is 0 Å². The van der Waals surface area contributed by atoms with Crippen molar-refractivity contribution in [1.82, 2.24) is 0 Å². The highest BCUT2D eigenvalue weighted by molar-refractivity contribution is 5.89. The van der Waals surface area contributed by atoms with E-state index in [1.54, 1.807) is 0 Å². The normalized spacial score (nSPS) is 11.3. The molecular formula is C7H10N2O5. The van der Waals surface area contributed by atoms with E-state index >= 15 is 0 Å². The molecule has 0 atom stereocenters. The highest BCUT2D eigenvalue weighted by Crippen LogP contribution is 2.09. The van der Waals surface area contributed by atoms with Crippen LogP contribution in [0.3, 0.4) is 0 Å². The summed E-state index contributed by atoms with van der Waals surface area (Å²) in [6.07, 6.45) is -0.524. The van der Waals surface area contributed by atoms with E-state index in [1.807, 2.05) is 0 Å². The molecule has 7 nitrogen and oxygen atoms in total. The molecule has 0 rings (SSSR count). The number of aliphatic hydroxyl groups is 1. The lowest BCUT2D eigenvalue weighted by molar-refractivity contribution is -0.140. The molecule has 0 aliphatic rings. The number of esters is 2. The second kappa shape index (κ2) is 5.68. The average molecular weight is 202 g/mol. The van der Waals surface area contributed by atoms with E-state index in [-0.39, 0.29) is 0 Å². The lowest BCUT2D eigenvalue weighted by atomic mass is 10.3. The Morgan fingerprint density at radius 2 is 1.93 bits per heavy atom. The van der Waals surface area contributed by atoms with Gasteiger partial charge in [-0.1, -0.05) is 0 Å². The molecule has 0 aliphatic heterocycles. The van der Waals surface area contributed by atoms with Gasteiger partial charge in [-0.2, -0.15) is 0 Å². The van der Waals surface area contributed by atoms with Gasteiger partial charge in [-0.15, -0.1) is 5.11 Å². The molecule has 0 fully saturated rings. The zero-order chi connectivity index (χ0) is 11.1. The zero-order valence-corrected chi connectivity index (χ0v) is 7.73. The number of nitrogens with zero attached hydrogens (tertiary/aromatic N) is 1. The fraction of sp³-hybridized carbons (Fsp3) is 0.429. The van der Waals surface area contributed by atoms with E-state index in [9.17, 15) is 14.7 Å². The number of ether oxygens (including phenoxy) is 2. The fourth-order valence-electron chi connectivity index (χ4n) is 0.617. The number of aliphatic hydroxyl groups excluding tert-OH is 1. The molecule has 78 valence electrons. The summed E-state index contributed by atoms with van der Waals surface area (Å²) in [6, 6.07) is 0. The van der Waals surface area contributed by atoms with Gasteiger partial charge in [-0.05, 0) is 0 Å². The third-order valence-electron chi connectivity index (χ3n) is 1.30. The Morgan fingerprint density at radius 3 is 2.29 bits per heavy atom. The van der Waals surface area contributed by atoms with Gasteiger partial charge in [0.05, 0.1) is 14.2 Å². The third-order valence-corrected chi connectivity index (χ3v) is 1.30. The molecule has 0 aliphatic carbocycles. The van der Waals surface area contributed by atoms with Gasteiger partial charge in [-0.3, -0.25) is 4.79 Å². The minimum Gasteiger partial charge on any atom is -0.509 e. The van der Waals surface area contributed by atoms with Crippen LogP contribution in [-0.4, -0.2) is 31.3 Å². The number of nitrogens with one attached hydrogen (secondary N) is 1. The van der Waals surface area contributed by atoms with Crippen LogP contribution in [0.25, 0.3) is 0 Å². The Hall–Kier alpha value is -1.92. The van der Waals surface area contributed by atoms with E-state index in [2.05, 4.69) is 14.6 Å². The van der Waals surface area contributed by atoms with Crippen molar-refractivity contribution in [3.05, 3.63) is 11.5 Å². The van der Waals surface area contributed by atoms with E-state index in [1.165, 1.54) is 0 Å². The molecule has 0 radical (unpaired) electrons. The average Bonchev–Trinajstić information content (AvgIpc) is 2.18. The Bertz CT molecular complexity index is 284. The maximum absolute atomic E-state index is 10.8. The fourth-order valence-corrected chi connectivity index (χ4v) is 0.617. The SMILES string of the molecule is COC(=O)CC(O)=C(N=N)C(=O)OC. The van der Waals surface area contributed by atoms with E-state index in [0.29, 0.717) is 0 Å². The molecule has 0 aromatic rings. The molecule has 0 aromatic heterocycles. The largest absolute Gasteiger partial charge is 0.509 e. The van der Waals surface area contributed by atoms with Gasteiger partial charge < -0.3 is 14.6 Å². The smallest absolute Gasteiger partial charge is 0.362 e. The van der Waals surface area contributed by atoms with Crippen LogP contribution in [0.15, 0.2) is 16.6 Å². The first-order chi connectivity index (χ1) is 6.56. The quantitative estimate of drug-likeness (QED) is 0.299. The number of hydrogen-bond acceptors (Lipinski definition) is 7. The summed E-state index contributed by atoms with van der Waals surface area (Å²) in [5.74, 6) is -2.38. The summed E-state index contributed by atoms with van der Waals surface area (Å²) in [7, 11) is 2.20. The lowest BCUT2D eigenvalue weighted by Gasteiger charge is -2.02. The van der Waals surface area contributed by atoms with Crippen molar-refractivity contribution in [1.29, 1.82) is 5.53 Å². The Balaban J connectivity index is 4.75. The van der Waals surface area contributed by atoms with Crippen LogP contribution in [0.1, 0.15) is 6.42 Å². The summed E-state index contributed by atoms with van der Waals surface area (Å²) in [5.41, 5.74) is 5.97. The monoisotopic (exact) mass is 202 g/mol. The standard InChI is InChI=1S/C7H10N2O5/c1-13-5(11)3-4(10)6(9-8)7(12)14-2/h8,10H,3H2,1-2H3. The molecule has 0 spiro atoms. The van der Waals surface area contributed by atoms with E-state index < -0.39 is 29.8 Å². The summed E-state index contributed by atoms with van der Waals surface area (Å²) >= 11 is 0. The predicted molar refractivity (Wildman–Crippen MR) is 43.5 cm³/mol. The Kier molecular flexibility index (Phi) is 4.90. The highest BCUT2D eigenvalue weighted by Gasteiger charge is 2.17. The molecule has 0 aromatic carbocycles. The van der Waals surface area contributed by atoms with Gasteiger partial charge in [-0.25, -0.2) is 10.3 Å². The topological polar surface area (TPSA) is 109 Å². The van der Waals surface area contributed by atoms with Crippen LogP contribution in [-0.2, 0) is 19.1 Å². The molecular weight excluding hydrogens is 192 g/mol. The minimum absolute atomic E-state index is 0.524. The summed E-state index contributed by atoms with van der Waals surface area (Å²) in [6.45, 7) is 0. The van der Waals surface area contributed by atoms with Gasteiger partial charge in [0, 0.05) is 0 Å². The Labute approximate surface area is 79.8 Å². The lowest BCUT2D eigenvalue weighted by Crippen LogP contribution is -2.09. The molecule has 14 heavy (non-hydrogen) atoms. The molecule has 0 saturated carbocycles. The predicted octanol–water partition coefficient (Wildman–Crippen LogP) is 0.523. The number of carbonyl (C=O) groups excluding carboxylic acids is 2. The molecule has 0 bridgehead atoms. The minimum atomic E-state index is -0.985. The second-order valence-electron chi connectivity index (χ2n) is 2.15. The van der Waals surface area contributed by atoms with Crippen molar-refractivity contribution in [2.75, 3.05) is 14.2 Å². The highest BCUT2D eigenvalue weighted by atomic mass is 16.5. The first-order valence-electron chi connectivity index (χ1n) is 3.51. The summed E-state index contributed by atoms with van der Waals surface area (Å²) in [4.78, 5) is 21.5. The maximum atomic E-state index is 10.8. The van der Waals surface area contributed by atoms with E-state index in [0.717, 1.165) is 14.2 Å². The van der Waals surface area contributed by atoms with Crippen LogP contribution < -0.4 is 0 Å². The number of methoxy groups -OCH3 is 2. The number of rotatable bonds is 4. The van der Waals surface area contributed by atoms with Crippen LogP contribution in [0, 0.1) is 5.53 Å². The Morgan fingerprint density at radius 1 is 1.36 bits per heavy atom. The van der Waals surface area contributed by atoms with Crippen LogP contribution in [0.2, 0.25) is 0 Å².